The molecule has 0 saturated heterocycles. The third-order valence-corrected chi connectivity index (χ3v) is 2.59. The Kier molecular flexibility index (Phi) is 2.73. The molecule has 82 valence electrons. The molecule has 2 rings (SSSR count). The van der Waals surface area contributed by atoms with E-state index in [9.17, 15) is 4.79 Å². The fourth-order valence-corrected chi connectivity index (χ4v) is 1.66. The summed E-state index contributed by atoms with van der Waals surface area (Å²) in [5.41, 5.74) is -0.135. The number of aromatic amines is 1. The van der Waals surface area contributed by atoms with Crippen LogP contribution in [-0.4, -0.2) is 27.2 Å². The van der Waals surface area contributed by atoms with Gasteiger partial charge < -0.3 is 15.4 Å². The summed E-state index contributed by atoms with van der Waals surface area (Å²) in [6, 6.07) is 1.70. The number of hydrogen-bond donors (Lipinski definition) is 3. The first-order valence-corrected chi connectivity index (χ1v) is 5.22. The summed E-state index contributed by atoms with van der Waals surface area (Å²) in [6.45, 7) is 1.94. The minimum atomic E-state index is -0.199. The molecule has 0 aliphatic heterocycles. The van der Waals surface area contributed by atoms with Crippen molar-refractivity contribution >= 4 is 5.82 Å². The molecule has 1 aromatic heterocycles. The minimum Gasteiger partial charge on any atom is -0.393 e. The predicted octanol–water partition coefficient (Wildman–Crippen LogP) is 0.267. The number of aliphatic hydroxyl groups excluding tert-OH is 1. The van der Waals surface area contributed by atoms with E-state index < -0.39 is 0 Å². The number of nitrogens with zero attached hydrogens (tertiary/aromatic N) is 1. The molecule has 1 aliphatic carbocycles. The predicted molar refractivity (Wildman–Crippen MR) is 56.9 cm³/mol. The molecular formula is C10H15N3O2. The van der Waals surface area contributed by atoms with E-state index in [1.165, 1.54) is 6.07 Å². The average molecular weight is 209 g/mol. The molecule has 0 spiro atoms. The SMILES string of the molecule is CCc1nc(NC2CC(O)C2)cc(=O)[nH]1. The lowest BCUT2D eigenvalue weighted by Gasteiger charge is -2.32. The van der Waals surface area contributed by atoms with Crippen molar-refractivity contribution in [1.82, 2.24) is 9.97 Å². The second-order valence-electron chi connectivity index (χ2n) is 3.90. The van der Waals surface area contributed by atoms with Gasteiger partial charge in [0.25, 0.3) is 5.56 Å². The van der Waals surface area contributed by atoms with Crippen molar-refractivity contribution in [3.8, 4) is 0 Å². The highest BCUT2D eigenvalue weighted by Gasteiger charge is 2.27. The molecule has 5 heteroatoms. The standard InChI is InChI=1S/C10H15N3O2/c1-2-8-12-9(5-10(15)13-8)11-6-3-7(14)4-6/h5-7,14H,2-4H2,1H3,(H2,11,12,13,15). The number of rotatable bonds is 3. The summed E-state index contributed by atoms with van der Waals surface area (Å²) in [5.74, 6) is 1.29. The van der Waals surface area contributed by atoms with E-state index >= 15 is 0 Å². The van der Waals surface area contributed by atoms with Crippen LogP contribution in [0.3, 0.4) is 0 Å². The Morgan fingerprint density at radius 3 is 3.00 bits per heavy atom. The summed E-state index contributed by atoms with van der Waals surface area (Å²) in [5, 5.41) is 12.3. The van der Waals surface area contributed by atoms with Gasteiger partial charge in [0, 0.05) is 18.5 Å². The first-order chi connectivity index (χ1) is 7.17. The van der Waals surface area contributed by atoms with Crippen LogP contribution in [0.15, 0.2) is 10.9 Å². The fraction of sp³-hybridized carbons (Fsp3) is 0.600. The molecule has 0 bridgehead atoms. The van der Waals surface area contributed by atoms with Crippen LogP contribution in [0.2, 0.25) is 0 Å². The molecule has 1 aliphatic rings. The van der Waals surface area contributed by atoms with Crippen molar-refractivity contribution in [1.29, 1.82) is 0 Å². The minimum absolute atomic E-state index is 0.135. The molecule has 0 amide bonds. The lowest BCUT2D eigenvalue weighted by Crippen LogP contribution is -2.39. The van der Waals surface area contributed by atoms with E-state index in [1.807, 2.05) is 6.92 Å². The highest BCUT2D eigenvalue weighted by atomic mass is 16.3. The number of H-pyrrole nitrogens is 1. The van der Waals surface area contributed by atoms with Crippen LogP contribution < -0.4 is 10.9 Å². The Balaban J connectivity index is 2.07. The van der Waals surface area contributed by atoms with E-state index in [2.05, 4.69) is 15.3 Å². The van der Waals surface area contributed by atoms with Crippen LogP contribution in [0.1, 0.15) is 25.6 Å². The highest BCUT2D eigenvalue weighted by Crippen LogP contribution is 2.22. The van der Waals surface area contributed by atoms with Gasteiger partial charge in [0.15, 0.2) is 0 Å². The van der Waals surface area contributed by atoms with Gasteiger partial charge >= 0.3 is 0 Å². The van der Waals surface area contributed by atoms with Crippen LogP contribution in [0.5, 0.6) is 0 Å². The molecule has 3 N–H and O–H groups in total. The Labute approximate surface area is 87.6 Å². The molecule has 0 aromatic carbocycles. The number of anilines is 1. The van der Waals surface area contributed by atoms with Gasteiger partial charge in [-0.1, -0.05) is 6.92 Å². The number of aromatic nitrogens is 2. The maximum Gasteiger partial charge on any atom is 0.252 e. The average Bonchev–Trinajstić information content (AvgIpc) is 2.14. The van der Waals surface area contributed by atoms with E-state index in [0.29, 0.717) is 18.1 Å². The summed E-state index contributed by atoms with van der Waals surface area (Å²) < 4.78 is 0. The Morgan fingerprint density at radius 1 is 1.67 bits per heavy atom. The van der Waals surface area contributed by atoms with Gasteiger partial charge in [-0.3, -0.25) is 4.79 Å². The summed E-state index contributed by atoms with van der Waals surface area (Å²) in [4.78, 5) is 18.1. The Hall–Kier alpha value is -1.36. The van der Waals surface area contributed by atoms with Crippen molar-refractivity contribution in [2.75, 3.05) is 5.32 Å². The zero-order chi connectivity index (χ0) is 10.8. The zero-order valence-electron chi connectivity index (χ0n) is 8.66. The molecule has 1 saturated carbocycles. The summed E-state index contributed by atoms with van der Waals surface area (Å²) in [7, 11) is 0. The third-order valence-electron chi connectivity index (χ3n) is 2.59. The topological polar surface area (TPSA) is 78.0 Å². The van der Waals surface area contributed by atoms with Crippen molar-refractivity contribution < 1.29 is 5.11 Å². The van der Waals surface area contributed by atoms with Crippen LogP contribution in [0.25, 0.3) is 0 Å². The van der Waals surface area contributed by atoms with Crippen LogP contribution in [-0.2, 0) is 6.42 Å². The molecule has 5 nitrogen and oxygen atoms in total. The number of nitrogens with one attached hydrogen (secondary N) is 2. The van der Waals surface area contributed by atoms with E-state index in [4.69, 9.17) is 5.11 Å². The van der Waals surface area contributed by atoms with E-state index in [-0.39, 0.29) is 17.7 Å². The maximum absolute atomic E-state index is 11.2. The smallest absolute Gasteiger partial charge is 0.252 e. The zero-order valence-corrected chi connectivity index (χ0v) is 8.66. The second kappa shape index (κ2) is 4.02. The van der Waals surface area contributed by atoms with E-state index in [1.54, 1.807) is 0 Å². The molecule has 0 atom stereocenters. The monoisotopic (exact) mass is 209 g/mol. The Bertz CT molecular complexity index is 396. The molecule has 0 unspecified atom stereocenters. The van der Waals surface area contributed by atoms with Gasteiger partial charge in [-0.05, 0) is 12.8 Å². The van der Waals surface area contributed by atoms with Gasteiger partial charge in [0.1, 0.15) is 11.6 Å². The van der Waals surface area contributed by atoms with Gasteiger partial charge in [-0.2, -0.15) is 0 Å². The first-order valence-electron chi connectivity index (χ1n) is 5.22. The number of aliphatic hydroxyl groups is 1. The van der Waals surface area contributed by atoms with Crippen LogP contribution >= 0.6 is 0 Å². The lowest BCUT2D eigenvalue weighted by atomic mass is 9.89. The van der Waals surface area contributed by atoms with Crippen molar-refractivity contribution in [3.63, 3.8) is 0 Å². The first kappa shape index (κ1) is 10.2. The van der Waals surface area contributed by atoms with Gasteiger partial charge in [0.2, 0.25) is 0 Å². The highest BCUT2D eigenvalue weighted by molar-refractivity contribution is 5.35. The third kappa shape index (κ3) is 2.36. The van der Waals surface area contributed by atoms with Crippen LogP contribution in [0, 0.1) is 0 Å². The molecule has 0 radical (unpaired) electrons. The van der Waals surface area contributed by atoms with Crippen LogP contribution in [0.4, 0.5) is 5.82 Å². The normalized spacial score (nSPS) is 24.7. The molecule has 1 heterocycles. The second-order valence-corrected chi connectivity index (χ2v) is 3.90. The van der Waals surface area contributed by atoms with E-state index in [0.717, 1.165) is 12.8 Å². The van der Waals surface area contributed by atoms with Gasteiger partial charge in [0.05, 0.1) is 6.10 Å². The van der Waals surface area contributed by atoms with Crippen molar-refractivity contribution in [3.05, 3.63) is 22.2 Å². The van der Waals surface area contributed by atoms with Gasteiger partial charge in [-0.25, -0.2) is 4.98 Å². The van der Waals surface area contributed by atoms with Crippen molar-refractivity contribution in [2.24, 2.45) is 0 Å². The maximum atomic E-state index is 11.2. The molecule has 1 aromatic rings. The Morgan fingerprint density at radius 2 is 2.40 bits per heavy atom. The molecule has 1 fully saturated rings. The summed E-state index contributed by atoms with van der Waals surface area (Å²) in [6.07, 6.45) is 1.97. The molecular weight excluding hydrogens is 194 g/mol. The van der Waals surface area contributed by atoms with Gasteiger partial charge in [-0.15, -0.1) is 0 Å². The fourth-order valence-electron chi connectivity index (χ4n) is 1.66. The lowest BCUT2D eigenvalue weighted by molar-refractivity contribution is 0.0835. The van der Waals surface area contributed by atoms with Crippen molar-refractivity contribution in [2.45, 2.75) is 38.3 Å². The molecule has 15 heavy (non-hydrogen) atoms. The largest absolute Gasteiger partial charge is 0.393 e. The quantitative estimate of drug-likeness (QED) is 0.667. The number of hydrogen-bond acceptors (Lipinski definition) is 4. The number of aryl methyl sites for hydroxylation is 1. The summed E-state index contributed by atoms with van der Waals surface area (Å²) >= 11 is 0.